The van der Waals surface area contributed by atoms with Crippen molar-refractivity contribution in [2.24, 2.45) is 5.41 Å². The minimum atomic E-state index is -2.74. The Kier molecular flexibility index (Phi) is 4.24. The van der Waals surface area contributed by atoms with Gasteiger partial charge >= 0.3 is 0 Å². The summed E-state index contributed by atoms with van der Waals surface area (Å²) in [5, 5.41) is 0. The van der Waals surface area contributed by atoms with E-state index >= 15 is 0 Å². The van der Waals surface area contributed by atoms with Gasteiger partial charge in [0.25, 0.3) is 0 Å². The summed E-state index contributed by atoms with van der Waals surface area (Å²) in [6.07, 6.45) is 1.77. The van der Waals surface area contributed by atoms with E-state index in [1.807, 2.05) is 0 Å². The van der Waals surface area contributed by atoms with Crippen molar-refractivity contribution >= 4 is 9.84 Å². The maximum absolute atomic E-state index is 11.1. The molecule has 0 aliphatic rings. The van der Waals surface area contributed by atoms with Crippen molar-refractivity contribution in [3.8, 4) is 0 Å². The Bertz CT molecular complexity index is 209. The second-order valence-corrected chi connectivity index (χ2v) is 6.87. The highest BCUT2D eigenvalue weighted by molar-refractivity contribution is 7.91. The van der Waals surface area contributed by atoms with Crippen LogP contribution < -0.4 is 0 Å². The Morgan fingerprint density at radius 2 is 1.67 bits per heavy atom. The van der Waals surface area contributed by atoms with Gasteiger partial charge in [0, 0.05) is 5.75 Å². The Labute approximate surface area is 76.3 Å². The van der Waals surface area contributed by atoms with E-state index in [9.17, 15) is 8.42 Å². The smallest absolute Gasteiger partial charge is 0.150 e. The first-order valence-corrected chi connectivity index (χ1v) is 6.29. The average molecular weight is 192 g/mol. The second-order valence-electron chi connectivity index (χ2n) is 4.40. The predicted octanol–water partition coefficient (Wildman–Crippen LogP) is 2.25. The molecule has 0 aliphatic carbocycles. The molecule has 0 fully saturated rings. The van der Waals surface area contributed by atoms with Crippen molar-refractivity contribution in [2.75, 3.05) is 11.5 Å². The fraction of sp³-hybridized carbons (Fsp3) is 1.00. The fourth-order valence-electron chi connectivity index (χ4n) is 0.967. The zero-order chi connectivity index (χ0) is 9.83. The SMILES string of the molecule is CCS(=O)(=O)CCCC(C)(C)C. The van der Waals surface area contributed by atoms with Crippen molar-refractivity contribution < 1.29 is 8.42 Å². The maximum atomic E-state index is 11.1. The number of sulfone groups is 1. The Morgan fingerprint density at radius 1 is 1.17 bits per heavy atom. The van der Waals surface area contributed by atoms with Crippen molar-refractivity contribution in [2.45, 2.75) is 40.5 Å². The molecule has 0 rings (SSSR count). The highest BCUT2D eigenvalue weighted by atomic mass is 32.2. The first kappa shape index (κ1) is 11.9. The molecule has 0 aliphatic heterocycles. The number of rotatable bonds is 4. The monoisotopic (exact) mass is 192 g/mol. The molecule has 74 valence electrons. The van der Waals surface area contributed by atoms with Crippen molar-refractivity contribution in [3.05, 3.63) is 0 Å². The average Bonchev–Trinajstić information content (AvgIpc) is 1.84. The minimum absolute atomic E-state index is 0.253. The topological polar surface area (TPSA) is 34.1 Å². The molecule has 0 N–H and O–H groups in total. The molecule has 0 aromatic heterocycles. The van der Waals surface area contributed by atoms with Gasteiger partial charge in [0.05, 0.1) is 5.75 Å². The van der Waals surface area contributed by atoms with Crippen LogP contribution in [0.25, 0.3) is 0 Å². The lowest BCUT2D eigenvalue weighted by Crippen LogP contribution is -2.12. The lowest BCUT2D eigenvalue weighted by atomic mass is 9.91. The Balaban J connectivity index is 3.73. The van der Waals surface area contributed by atoms with E-state index in [-0.39, 0.29) is 11.2 Å². The van der Waals surface area contributed by atoms with Crippen LogP contribution in [0.5, 0.6) is 0 Å². The van der Waals surface area contributed by atoms with Crippen LogP contribution in [0.3, 0.4) is 0 Å². The zero-order valence-corrected chi connectivity index (χ0v) is 9.37. The van der Waals surface area contributed by atoms with E-state index in [0.717, 1.165) is 12.8 Å². The van der Waals surface area contributed by atoms with E-state index in [0.29, 0.717) is 5.75 Å². The van der Waals surface area contributed by atoms with Gasteiger partial charge in [-0.05, 0) is 18.3 Å². The predicted molar refractivity (Wildman–Crippen MR) is 53.0 cm³/mol. The van der Waals surface area contributed by atoms with Crippen LogP contribution in [0.4, 0.5) is 0 Å². The molecular formula is C9H20O2S. The Hall–Kier alpha value is -0.0500. The molecule has 0 saturated carbocycles. The third kappa shape index (κ3) is 6.65. The van der Waals surface area contributed by atoms with Gasteiger partial charge in [0.2, 0.25) is 0 Å². The first-order valence-electron chi connectivity index (χ1n) is 4.47. The van der Waals surface area contributed by atoms with E-state index in [4.69, 9.17) is 0 Å². The van der Waals surface area contributed by atoms with Crippen molar-refractivity contribution in [1.29, 1.82) is 0 Å². The van der Waals surface area contributed by atoms with Gasteiger partial charge in [-0.25, -0.2) is 8.42 Å². The molecule has 3 heteroatoms. The normalized spacial score (nSPS) is 13.3. The fourth-order valence-corrected chi connectivity index (χ4v) is 1.84. The minimum Gasteiger partial charge on any atom is -0.229 e. The molecule has 0 atom stereocenters. The lowest BCUT2D eigenvalue weighted by Gasteiger charge is -2.17. The Morgan fingerprint density at radius 3 is 2.00 bits per heavy atom. The zero-order valence-electron chi connectivity index (χ0n) is 8.55. The summed E-state index contributed by atoms with van der Waals surface area (Å²) in [6.45, 7) is 8.09. The summed E-state index contributed by atoms with van der Waals surface area (Å²) in [5.41, 5.74) is 0.253. The second kappa shape index (κ2) is 4.26. The van der Waals surface area contributed by atoms with Gasteiger partial charge in [-0.3, -0.25) is 0 Å². The third-order valence-corrected chi connectivity index (χ3v) is 3.61. The summed E-state index contributed by atoms with van der Waals surface area (Å²) < 4.78 is 22.2. The molecule has 0 aromatic rings. The lowest BCUT2D eigenvalue weighted by molar-refractivity contribution is 0.373. The van der Waals surface area contributed by atoms with Crippen LogP contribution in [-0.2, 0) is 9.84 Å². The molecule has 12 heavy (non-hydrogen) atoms. The quantitative estimate of drug-likeness (QED) is 0.684. The van der Waals surface area contributed by atoms with Crippen LogP contribution in [0.1, 0.15) is 40.5 Å². The summed E-state index contributed by atoms with van der Waals surface area (Å²) in [4.78, 5) is 0. The van der Waals surface area contributed by atoms with Gasteiger partial charge in [-0.1, -0.05) is 27.7 Å². The number of hydrogen-bond donors (Lipinski definition) is 0. The van der Waals surface area contributed by atoms with Crippen molar-refractivity contribution in [1.82, 2.24) is 0 Å². The molecule has 0 heterocycles. The van der Waals surface area contributed by atoms with Gasteiger partial charge in [-0.15, -0.1) is 0 Å². The van der Waals surface area contributed by atoms with Crippen LogP contribution >= 0.6 is 0 Å². The third-order valence-electron chi connectivity index (χ3n) is 1.82. The van der Waals surface area contributed by atoms with E-state index < -0.39 is 9.84 Å². The molecule has 2 nitrogen and oxygen atoms in total. The van der Waals surface area contributed by atoms with Gasteiger partial charge in [-0.2, -0.15) is 0 Å². The highest BCUT2D eigenvalue weighted by Gasteiger charge is 2.12. The molecule has 0 saturated heterocycles. The van der Waals surface area contributed by atoms with E-state index in [1.54, 1.807) is 6.92 Å². The molecule has 0 spiro atoms. The van der Waals surface area contributed by atoms with Crippen LogP contribution in [0.2, 0.25) is 0 Å². The number of hydrogen-bond acceptors (Lipinski definition) is 2. The molecule has 0 unspecified atom stereocenters. The first-order chi connectivity index (χ1) is 5.27. The largest absolute Gasteiger partial charge is 0.229 e. The molecule has 0 aromatic carbocycles. The van der Waals surface area contributed by atoms with Crippen molar-refractivity contribution in [3.63, 3.8) is 0 Å². The summed E-state index contributed by atoms with van der Waals surface area (Å²) >= 11 is 0. The molecular weight excluding hydrogens is 172 g/mol. The van der Waals surface area contributed by atoms with Gasteiger partial charge in [0.1, 0.15) is 9.84 Å². The maximum Gasteiger partial charge on any atom is 0.150 e. The van der Waals surface area contributed by atoms with Crippen LogP contribution in [-0.4, -0.2) is 19.9 Å². The molecule has 0 bridgehead atoms. The molecule has 0 radical (unpaired) electrons. The summed E-state index contributed by atoms with van der Waals surface area (Å²) in [7, 11) is -2.74. The van der Waals surface area contributed by atoms with Crippen LogP contribution in [0.15, 0.2) is 0 Å². The van der Waals surface area contributed by atoms with Gasteiger partial charge < -0.3 is 0 Å². The van der Waals surface area contributed by atoms with E-state index in [2.05, 4.69) is 20.8 Å². The highest BCUT2D eigenvalue weighted by Crippen LogP contribution is 2.20. The summed E-state index contributed by atoms with van der Waals surface area (Å²) in [6, 6.07) is 0. The summed E-state index contributed by atoms with van der Waals surface area (Å²) in [5.74, 6) is 0.623. The molecule has 0 amide bonds. The van der Waals surface area contributed by atoms with Crippen LogP contribution in [0, 0.1) is 5.41 Å². The standard InChI is InChI=1S/C9H20O2S/c1-5-12(10,11)8-6-7-9(2,3)4/h5-8H2,1-4H3. The van der Waals surface area contributed by atoms with E-state index in [1.165, 1.54) is 0 Å². The van der Waals surface area contributed by atoms with Gasteiger partial charge in [0.15, 0.2) is 0 Å².